The average Bonchev–Trinajstić information content (AvgIpc) is 3.24. The third-order valence-corrected chi connectivity index (χ3v) is 5.39. The Morgan fingerprint density at radius 3 is 2.72 bits per heavy atom. The van der Waals surface area contributed by atoms with Crippen LogP contribution in [0.4, 0.5) is 4.79 Å². The summed E-state index contributed by atoms with van der Waals surface area (Å²) in [4.78, 5) is 38.5. The lowest BCUT2D eigenvalue weighted by atomic mass is 10.2. The van der Waals surface area contributed by atoms with Crippen molar-refractivity contribution in [2.24, 2.45) is 0 Å². The van der Waals surface area contributed by atoms with Crippen molar-refractivity contribution in [2.45, 2.75) is 6.92 Å². The van der Waals surface area contributed by atoms with E-state index in [0.717, 1.165) is 33.2 Å². The van der Waals surface area contributed by atoms with Gasteiger partial charge in [0, 0.05) is 18.5 Å². The lowest BCUT2D eigenvalue weighted by Gasteiger charge is -2.12. The van der Waals surface area contributed by atoms with E-state index in [4.69, 9.17) is 4.42 Å². The van der Waals surface area contributed by atoms with Crippen molar-refractivity contribution in [1.29, 1.82) is 0 Å². The number of carbonyl (C=O) groups excluding carboxylic acids is 3. The Bertz CT molecular complexity index is 1130. The zero-order chi connectivity index (χ0) is 20.4. The van der Waals surface area contributed by atoms with Crippen molar-refractivity contribution in [3.63, 3.8) is 0 Å². The molecule has 3 amide bonds. The summed E-state index contributed by atoms with van der Waals surface area (Å²) in [7, 11) is 0. The highest BCUT2D eigenvalue weighted by molar-refractivity contribution is 8.18. The molecule has 2 heterocycles. The van der Waals surface area contributed by atoms with E-state index in [2.05, 4.69) is 5.32 Å². The number of fused-ring (bicyclic) bond motifs is 1. The number of furan rings is 1. The predicted octanol–water partition coefficient (Wildman–Crippen LogP) is 4.21. The van der Waals surface area contributed by atoms with Gasteiger partial charge in [-0.05, 0) is 48.5 Å². The SMILES string of the molecule is Cc1ccc2oc(C(=O)NCCN3C(=O)S/C(=C/c4ccccc4)C3=O)cc2c1. The standard InChI is InChI=1S/C22H18N2O4S/c1-14-7-8-17-16(11-14)13-18(28-17)20(25)23-9-10-24-21(26)19(29-22(24)27)12-15-5-3-2-4-6-15/h2-8,11-13H,9-10H2,1H3,(H,23,25)/b19-12+. The normalized spacial score (nSPS) is 15.5. The van der Waals surface area contributed by atoms with Crippen molar-refractivity contribution in [3.8, 4) is 0 Å². The molecule has 7 heteroatoms. The number of thioether (sulfide) groups is 1. The smallest absolute Gasteiger partial charge is 0.293 e. The number of hydrogen-bond donors (Lipinski definition) is 1. The van der Waals surface area contributed by atoms with Gasteiger partial charge in [0.15, 0.2) is 5.76 Å². The van der Waals surface area contributed by atoms with Crippen molar-refractivity contribution < 1.29 is 18.8 Å². The first-order valence-corrected chi connectivity index (χ1v) is 9.92. The van der Waals surface area contributed by atoms with Crippen LogP contribution < -0.4 is 5.32 Å². The first-order valence-electron chi connectivity index (χ1n) is 9.10. The number of rotatable bonds is 5. The number of imide groups is 1. The van der Waals surface area contributed by atoms with E-state index >= 15 is 0 Å². The van der Waals surface area contributed by atoms with Crippen molar-refractivity contribution >= 4 is 45.9 Å². The quantitative estimate of drug-likeness (QED) is 0.642. The maximum atomic E-state index is 12.5. The van der Waals surface area contributed by atoms with Crippen molar-refractivity contribution in [2.75, 3.05) is 13.1 Å². The molecule has 1 fully saturated rings. The molecule has 0 atom stereocenters. The van der Waals surface area contributed by atoms with Gasteiger partial charge in [0.1, 0.15) is 5.58 Å². The lowest BCUT2D eigenvalue weighted by molar-refractivity contribution is -0.122. The topological polar surface area (TPSA) is 79.6 Å². The van der Waals surface area contributed by atoms with E-state index < -0.39 is 0 Å². The van der Waals surface area contributed by atoms with Crippen LogP contribution >= 0.6 is 11.8 Å². The number of benzene rings is 2. The molecular weight excluding hydrogens is 388 g/mol. The predicted molar refractivity (Wildman–Crippen MR) is 112 cm³/mol. The van der Waals surface area contributed by atoms with Crippen LogP contribution in [0.2, 0.25) is 0 Å². The Balaban J connectivity index is 1.37. The number of carbonyl (C=O) groups is 3. The average molecular weight is 406 g/mol. The summed E-state index contributed by atoms with van der Waals surface area (Å²) >= 11 is 0.903. The Kier molecular flexibility index (Phi) is 5.22. The molecule has 0 aliphatic carbocycles. The molecule has 29 heavy (non-hydrogen) atoms. The number of aryl methyl sites for hydroxylation is 1. The first kappa shape index (κ1) is 19.0. The number of nitrogens with zero attached hydrogens (tertiary/aromatic N) is 1. The largest absolute Gasteiger partial charge is 0.451 e. The van der Waals surface area contributed by atoms with Gasteiger partial charge in [-0.25, -0.2) is 0 Å². The molecule has 0 spiro atoms. The first-order chi connectivity index (χ1) is 14.0. The fourth-order valence-electron chi connectivity index (χ4n) is 3.04. The van der Waals surface area contributed by atoms with Crippen LogP contribution in [0, 0.1) is 6.92 Å². The van der Waals surface area contributed by atoms with Crippen LogP contribution in [0.1, 0.15) is 21.7 Å². The van der Waals surface area contributed by atoms with E-state index in [9.17, 15) is 14.4 Å². The molecule has 1 saturated heterocycles. The zero-order valence-electron chi connectivity index (χ0n) is 15.7. The molecule has 1 aliphatic rings. The second kappa shape index (κ2) is 7.97. The third-order valence-electron chi connectivity index (χ3n) is 4.49. The highest BCUT2D eigenvalue weighted by atomic mass is 32.2. The lowest BCUT2D eigenvalue weighted by Crippen LogP contribution is -2.37. The van der Waals surface area contributed by atoms with Crippen LogP contribution in [0.25, 0.3) is 17.0 Å². The monoisotopic (exact) mass is 406 g/mol. The Morgan fingerprint density at radius 2 is 1.93 bits per heavy atom. The van der Waals surface area contributed by atoms with Gasteiger partial charge in [-0.3, -0.25) is 19.3 Å². The van der Waals surface area contributed by atoms with E-state index in [1.54, 1.807) is 12.1 Å². The summed E-state index contributed by atoms with van der Waals surface area (Å²) in [5.41, 5.74) is 2.57. The molecule has 2 aromatic carbocycles. The van der Waals surface area contributed by atoms with Gasteiger partial charge < -0.3 is 9.73 Å². The molecule has 0 unspecified atom stereocenters. The maximum Gasteiger partial charge on any atom is 0.293 e. The highest BCUT2D eigenvalue weighted by Gasteiger charge is 2.34. The molecule has 0 bridgehead atoms. The molecule has 1 aromatic heterocycles. The summed E-state index contributed by atoms with van der Waals surface area (Å²) in [5, 5.41) is 3.21. The fraction of sp³-hybridized carbons (Fsp3) is 0.136. The summed E-state index contributed by atoms with van der Waals surface area (Å²) in [6.07, 6.45) is 1.69. The minimum atomic E-state index is -0.384. The minimum Gasteiger partial charge on any atom is -0.451 e. The van der Waals surface area contributed by atoms with Crippen LogP contribution in [0.3, 0.4) is 0 Å². The molecule has 1 aliphatic heterocycles. The third kappa shape index (κ3) is 4.09. The van der Waals surface area contributed by atoms with E-state index in [1.807, 2.05) is 55.5 Å². The summed E-state index contributed by atoms with van der Waals surface area (Å²) < 4.78 is 5.56. The van der Waals surface area contributed by atoms with E-state index in [1.165, 1.54) is 0 Å². The molecule has 4 rings (SSSR count). The number of nitrogens with one attached hydrogen (secondary N) is 1. The fourth-order valence-corrected chi connectivity index (χ4v) is 3.90. The molecule has 1 N–H and O–H groups in total. The zero-order valence-corrected chi connectivity index (χ0v) is 16.5. The molecule has 6 nitrogen and oxygen atoms in total. The molecule has 3 aromatic rings. The van der Waals surface area contributed by atoms with Gasteiger partial charge >= 0.3 is 0 Å². The van der Waals surface area contributed by atoms with Crippen LogP contribution in [0.15, 0.2) is 63.9 Å². The van der Waals surface area contributed by atoms with Gasteiger partial charge in [0.25, 0.3) is 17.1 Å². The minimum absolute atomic E-state index is 0.0991. The van der Waals surface area contributed by atoms with E-state index in [-0.39, 0.29) is 35.9 Å². The van der Waals surface area contributed by atoms with Gasteiger partial charge in [-0.1, -0.05) is 42.0 Å². The van der Waals surface area contributed by atoms with Crippen molar-refractivity contribution in [3.05, 3.63) is 76.4 Å². The Hall–Kier alpha value is -3.32. The number of amides is 3. The second-order valence-corrected chi connectivity index (χ2v) is 7.65. The van der Waals surface area contributed by atoms with Crippen molar-refractivity contribution in [1.82, 2.24) is 10.2 Å². The van der Waals surface area contributed by atoms with Gasteiger partial charge in [-0.15, -0.1) is 0 Å². The van der Waals surface area contributed by atoms with Gasteiger partial charge in [-0.2, -0.15) is 0 Å². The second-order valence-electron chi connectivity index (χ2n) is 6.65. The molecule has 0 saturated carbocycles. The Morgan fingerprint density at radius 1 is 1.14 bits per heavy atom. The summed E-state index contributed by atoms with van der Waals surface area (Å²) in [5.74, 6) is -0.535. The van der Waals surface area contributed by atoms with Crippen LogP contribution in [-0.2, 0) is 4.79 Å². The van der Waals surface area contributed by atoms with Gasteiger partial charge in [0.2, 0.25) is 0 Å². The summed E-state index contributed by atoms with van der Waals surface area (Å²) in [6.45, 7) is 2.21. The molecule has 0 radical (unpaired) electrons. The van der Waals surface area contributed by atoms with Crippen LogP contribution in [0.5, 0.6) is 0 Å². The van der Waals surface area contributed by atoms with Gasteiger partial charge in [0.05, 0.1) is 4.91 Å². The number of hydrogen-bond acceptors (Lipinski definition) is 5. The van der Waals surface area contributed by atoms with Crippen LogP contribution in [-0.4, -0.2) is 35.0 Å². The Labute approximate surface area is 171 Å². The van der Waals surface area contributed by atoms with E-state index in [0.29, 0.717) is 10.5 Å². The summed E-state index contributed by atoms with van der Waals surface area (Å²) in [6, 6.07) is 16.7. The highest BCUT2D eigenvalue weighted by Crippen LogP contribution is 2.31. The maximum absolute atomic E-state index is 12.5. The molecular formula is C22H18N2O4S. The molecule has 146 valence electrons.